The lowest BCUT2D eigenvalue weighted by Gasteiger charge is -2.22. The van der Waals surface area contributed by atoms with Crippen LogP contribution < -0.4 is 0 Å². The summed E-state index contributed by atoms with van der Waals surface area (Å²) in [5.74, 6) is -0.440. The number of hydrogen-bond donors (Lipinski definition) is 0. The lowest BCUT2D eigenvalue weighted by atomic mass is 9.95. The second kappa shape index (κ2) is 26.1. The molecule has 0 aromatic heterocycles. The molecule has 0 rings (SSSR count). The zero-order valence-corrected chi connectivity index (χ0v) is 26.4. The fourth-order valence-corrected chi connectivity index (χ4v) is 4.84. The molecule has 0 heterocycles. The highest BCUT2D eigenvalue weighted by Gasteiger charge is 2.24. The van der Waals surface area contributed by atoms with Gasteiger partial charge in [-0.1, -0.05) is 124 Å². The van der Waals surface area contributed by atoms with Crippen molar-refractivity contribution in [3.8, 4) is 0 Å². The van der Waals surface area contributed by atoms with E-state index >= 15 is 0 Å². The second-order valence-electron chi connectivity index (χ2n) is 11.8. The van der Waals surface area contributed by atoms with Crippen LogP contribution in [-0.4, -0.2) is 50.2 Å². The van der Waals surface area contributed by atoms with Crippen molar-refractivity contribution in [2.45, 2.75) is 162 Å². The molecule has 0 radical (unpaired) electrons. The van der Waals surface area contributed by atoms with Crippen molar-refractivity contribution in [1.82, 2.24) is 4.90 Å². The van der Waals surface area contributed by atoms with E-state index in [9.17, 15) is 9.59 Å². The van der Waals surface area contributed by atoms with Crippen molar-refractivity contribution < 1.29 is 19.1 Å². The highest BCUT2D eigenvalue weighted by atomic mass is 16.6. The van der Waals surface area contributed by atoms with Crippen LogP contribution in [0, 0.1) is 11.8 Å². The first-order valence-corrected chi connectivity index (χ1v) is 16.4. The van der Waals surface area contributed by atoms with Crippen LogP contribution in [0.25, 0.3) is 0 Å². The molecule has 0 aromatic rings. The summed E-state index contributed by atoms with van der Waals surface area (Å²) in [5, 5.41) is 0. The maximum atomic E-state index is 13.0. The van der Waals surface area contributed by atoms with Gasteiger partial charge >= 0.3 is 11.9 Å². The van der Waals surface area contributed by atoms with Gasteiger partial charge in [0.05, 0.1) is 11.8 Å². The lowest BCUT2D eigenvalue weighted by Crippen LogP contribution is -2.30. The third-order valence-corrected chi connectivity index (χ3v) is 7.63. The standard InChI is InChI=1S/C33H65NO4/c1-7-10-13-14-15-16-17-18-19-22-25-31(38-32(35)29(4)26-27-34(5)6)28-37-33(36)30(23-20-11-8-2)24-21-12-9-3/h29-31H,7-28H2,1-6H3. The lowest BCUT2D eigenvalue weighted by molar-refractivity contribution is -0.164. The number of hydrogen-bond acceptors (Lipinski definition) is 5. The van der Waals surface area contributed by atoms with E-state index in [1.54, 1.807) is 0 Å². The van der Waals surface area contributed by atoms with Gasteiger partial charge in [0.2, 0.25) is 0 Å². The van der Waals surface area contributed by atoms with Crippen molar-refractivity contribution in [3.05, 3.63) is 0 Å². The highest BCUT2D eigenvalue weighted by molar-refractivity contribution is 5.73. The average Bonchev–Trinajstić information content (AvgIpc) is 2.90. The van der Waals surface area contributed by atoms with Gasteiger partial charge < -0.3 is 14.4 Å². The van der Waals surface area contributed by atoms with Crippen LogP contribution in [-0.2, 0) is 19.1 Å². The molecule has 0 aliphatic rings. The molecule has 0 aliphatic carbocycles. The zero-order chi connectivity index (χ0) is 28.4. The molecule has 0 amide bonds. The summed E-state index contributed by atoms with van der Waals surface area (Å²) in [6.07, 6.45) is 22.5. The molecular formula is C33H65NO4. The maximum Gasteiger partial charge on any atom is 0.309 e. The first-order valence-electron chi connectivity index (χ1n) is 16.4. The Labute approximate surface area is 237 Å². The van der Waals surface area contributed by atoms with E-state index < -0.39 is 0 Å². The Morgan fingerprint density at radius 3 is 1.55 bits per heavy atom. The van der Waals surface area contributed by atoms with Crippen LogP contribution in [0.15, 0.2) is 0 Å². The van der Waals surface area contributed by atoms with Crippen molar-refractivity contribution in [1.29, 1.82) is 0 Å². The fraction of sp³-hybridized carbons (Fsp3) is 0.939. The Hall–Kier alpha value is -1.10. The van der Waals surface area contributed by atoms with Gasteiger partial charge in [-0.2, -0.15) is 0 Å². The monoisotopic (exact) mass is 539 g/mol. The summed E-state index contributed by atoms with van der Waals surface area (Å²) >= 11 is 0. The molecule has 5 nitrogen and oxygen atoms in total. The molecule has 0 aromatic carbocycles. The highest BCUT2D eigenvalue weighted by Crippen LogP contribution is 2.21. The van der Waals surface area contributed by atoms with Crippen molar-refractivity contribution in [2.75, 3.05) is 27.2 Å². The molecule has 0 fully saturated rings. The molecular weight excluding hydrogens is 474 g/mol. The molecule has 0 aliphatic heterocycles. The maximum absolute atomic E-state index is 13.0. The number of nitrogens with zero attached hydrogens (tertiary/aromatic N) is 1. The Morgan fingerprint density at radius 1 is 0.605 bits per heavy atom. The van der Waals surface area contributed by atoms with Crippen molar-refractivity contribution in [3.63, 3.8) is 0 Å². The Morgan fingerprint density at radius 2 is 1.05 bits per heavy atom. The van der Waals surface area contributed by atoms with Crippen LogP contribution in [0.1, 0.15) is 156 Å². The van der Waals surface area contributed by atoms with Crippen LogP contribution in [0.3, 0.4) is 0 Å². The predicted molar refractivity (Wildman–Crippen MR) is 161 cm³/mol. The molecule has 2 atom stereocenters. The third kappa shape index (κ3) is 21.8. The van der Waals surface area contributed by atoms with Gasteiger partial charge in [-0.05, 0) is 52.7 Å². The molecule has 5 heteroatoms. The summed E-state index contributed by atoms with van der Waals surface area (Å²) in [6, 6.07) is 0. The molecule has 38 heavy (non-hydrogen) atoms. The van der Waals surface area contributed by atoms with Gasteiger partial charge in [-0.15, -0.1) is 0 Å². The summed E-state index contributed by atoms with van der Waals surface area (Å²) in [4.78, 5) is 27.9. The Balaban J connectivity index is 4.75. The van der Waals surface area contributed by atoms with Crippen LogP contribution in [0.2, 0.25) is 0 Å². The number of unbranched alkanes of at least 4 members (excludes halogenated alkanes) is 13. The van der Waals surface area contributed by atoms with Gasteiger partial charge in [0.25, 0.3) is 0 Å². The topological polar surface area (TPSA) is 55.8 Å². The van der Waals surface area contributed by atoms with E-state index in [-0.39, 0.29) is 36.5 Å². The summed E-state index contributed by atoms with van der Waals surface area (Å²) in [6.45, 7) is 9.63. The summed E-state index contributed by atoms with van der Waals surface area (Å²) < 4.78 is 11.7. The minimum Gasteiger partial charge on any atom is -0.462 e. The van der Waals surface area contributed by atoms with E-state index in [2.05, 4.69) is 25.7 Å². The van der Waals surface area contributed by atoms with Gasteiger partial charge in [0, 0.05) is 0 Å². The van der Waals surface area contributed by atoms with Crippen LogP contribution >= 0.6 is 0 Å². The predicted octanol–water partition coefficient (Wildman–Crippen LogP) is 9.12. The number of carbonyl (C=O) groups excluding carboxylic acids is 2. The van der Waals surface area contributed by atoms with E-state index in [4.69, 9.17) is 9.47 Å². The largest absolute Gasteiger partial charge is 0.462 e. The minimum atomic E-state index is -0.339. The van der Waals surface area contributed by atoms with Gasteiger partial charge in [0.15, 0.2) is 0 Å². The van der Waals surface area contributed by atoms with Crippen LogP contribution in [0.4, 0.5) is 0 Å². The van der Waals surface area contributed by atoms with Gasteiger partial charge in [-0.25, -0.2) is 0 Å². The summed E-state index contributed by atoms with van der Waals surface area (Å²) in [7, 11) is 4.03. The molecule has 0 saturated heterocycles. The third-order valence-electron chi connectivity index (χ3n) is 7.63. The smallest absolute Gasteiger partial charge is 0.309 e. The normalized spacial score (nSPS) is 13.2. The van der Waals surface area contributed by atoms with Gasteiger partial charge in [-0.3, -0.25) is 9.59 Å². The zero-order valence-electron chi connectivity index (χ0n) is 26.4. The quantitative estimate of drug-likeness (QED) is 0.0769. The van der Waals surface area contributed by atoms with Crippen molar-refractivity contribution >= 4 is 11.9 Å². The van der Waals surface area contributed by atoms with E-state index in [1.165, 1.54) is 51.4 Å². The molecule has 0 spiro atoms. The number of ether oxygens (including phenoxy) is 2. The Kier molecular flexibility index (Phi) is 25.4. The van der Waals surface area contributed by atoms with Crippen LogP contribution in [0.5, 0.6) is 0 Å². The van der Waals surface area contributed by atoms with Gasteiger partial charge in [0.1, 0.15) is 12.7 Å². The molecule has 0 N–H and O–H groups in total. The Bertz CT molecular complexity index is 541. The van der Waals surface area contributed by atoms with Crippen molar-refractivity contribution in [2.24, 2.45) is 11.8 Å². The fourth-order valence-electron chi connectivity index (χ4n) is 4.84. The number of carbonyl (C=O) groups is 2. The molecule has 2 unspecified atom stereocenters. The first-order chi connectivity index (χ1) is 18.3. The van der Waals surface area contributed by atoms with E-state index in [0.717, 1.165) is 83.6 Å². The van der Waals surface area contributed by atoms with E-state index in [0.29, 0.717) is 0 Å². The number of esters is 2. The summed E-state index contributed by atoms with van der Waals surface area (Å²) in [5.41, 5.74) is 0. The molecule has 0 bridgehead atoms. The molecule has 226 valence electrons. The second-order valence-corrected chi connectivity index (χ2v) is 11.8. The average molecular weight is 540 g/mol. The minimum absolute atomic E-state index is 0.0270. The first kappa shape index (κ1) is 36.9. The molecule has 0 saturated carbocycles. The SMILES string of the molecule is CCCCCCCCCCCCC(COC(=O)C(CCCCC)CCCCC)OC(=O)C(C)CCN(C)C. The van der Waals surface area contributed by atoms with E-state index in [1.807, 2.05) is 21.0 Å². The number of rotatable bonds is 27.